The summed E-state index contributed by atoms with van der Waals surface area (Å²) in [6.07, 6.45) is 0.614. The molecular weight excluding hydrogens is 152 g/mol. The van der Waals surface area contributed by atoms with Crippen molar-refractivity contribution in [3.8, 4) is 0 Å². The summed E-state index contributed by atoms with van der Waals surface area (Å²) in [5.41, 5.74) is 0. The van der Waals surface area contributed by atoms with Crippen molar-refractivity contribution in [3.05, 3.63) is 0 Å². The number of hydrogen-bond donors (Lipinski definition) is 1. The molecule has 0 heterocycles. The Morgan fingerprint density at radius 1 is 1.25 bits per heavy atom. The van der Waals surface area contributed by atoms with Crippen LogP contribution in [0, 0.1) is 11.8 Å². The van der Waals surface area contributed by atoms with Gasteiger partial charge >= 0.3 is 0 Å². The summed E-state index contributed by atoms with van der Waals surface area (Å²) in [6, 6.07) is 0. The Balaban J connectivity index is 3.61. The van der Waals surface area contributed by atoms with Gasteiger partial charge in [0.2, 0.25) is 0 Å². The molecule has 1 N–H and O–H groups in total. The van der Waals surface area contributed by atoms with Crippen LogP contribution in [-0.2, 0) is 4.79 Å². The molecule has 0 radical (unpaired) electrons. The first kappa shape index (κ1) is 11.6. The van der Waals surface area contributed by atoms with E-state index in [0.29, 0.717) is 18.3 Å². The lowest BCUT2D eigenvalue weighted by Crippen LogP contribution is -2.17. The number of carbonyl (C=O) groups is 1. The Hall–Kier alpha value is -0.370. The van der Waals surface area contributed by atoms with Gasteiger partial charge in [-0.05, 0) is 25.2 Å². The van der Waals surface area contributed by atoms with Crippen molar-refractivity contribution >= 4 is 5.78 Å². The van der Waals surface area contributed by atoms with Gasteiger partial charge in [-0.3, -0.25) is 4.79 Å². The van der Waals surface area contributed by atoms with Gasteiger partial charge in [0.1, 0.15) is 6.10 Å². The number of rotatable bonds is 5. The second-order valence-electron chi connectivity index (χ2n) is 3.90. The van der Waals surface area contributed by atoms with Gasteiger partial charge in [-0.25, -0.2) is 0 Å². The van der Waals surface area contributed by atoms with Crippen molar-refractivity contribution in [1.29, 1.82) is 0 Å². The van der Waals surface area contributed by atoms with Crippen LogP contribution in [0.2, 0.25) is 0 Å². The largest absolute Gasteiger partial charge is 0.386 e. The molecule has 0 rings (SSSR count). The van der Waals surface area contributed by atoms with Crippen LogP contribution in [0.25, 0.3) is 0 Å². The van der Waals surface area contributed by atoms with E-state index < -0.39 is 6.10 Å². The molecule has 0 aliphatic rings. The number of aliphatic hydroxyl groups is 1. The van der Waals surface area contributed by atoms with Gasteiger partial charge in [-0.2, -0.15) is 0 Å². The average Bonchev–Trinajstić information content (AvgIpc) is 1.98. The molecule has 72 valence electrons. The molecule has 0 fully saturated rings. The third-order valence-corrected chi connectivity index (χ3v) is 2.45. The minimum Gasteiger partial charge on any atom is -0.386 e. The van der Waals surface area contributed by atoms with Crippen LogP contribution < -0.4 is 0 Å². The van der Waals surface area contributed by atoms with Crippen molar-refractivity contribution in [2.24, 2.45) is 11.8 Å². The second-order valence-corrected chi connectivity index (χ2v) is 3.90. The molecule has 2 unspecified atom stereocenters. The molecule has 0 saturated heterocycles. The highest BCUT2D eigenvalue weighted by molar-refractivity contribution is 5.82. The Morgan fingerprint density at radius 3 is 2.08 bits per heavy atom. The number of carbonyl (C=O) groups excluding carboxylic acids is 1. The standard InChI is InChI=1S/C10H20O2/c1-7(2)8(3)5-6-10(12)9(4)11/h7-9,11H,5-6H2,1-4H3. The molecule has 0 spiro atoms. The monoisotopic (exact) mass is 172 g/mol. The summed E-state index contributed by atoms with van der Waals surface area (Å²) in [5.74, 6) is 1.14. The number of aliphatic hydroxyl groups excluding tert-OH is 1. The van der Waals surface area contributed by atoms with Crippen molar-refractivity contribution in [3.63, 3.8) is 0 Å². The summed E-state index contributed by atoms with van der Waals surface area (Å²) >= 11 is 0. The summed E-state index contributed by atoms with van der Waals surface area (Å²) in [5, 5.41) is 8.92. The maximum Gasteiger partial charge on any atom is 0.160 e. The molecule has 2 heteroatoms. The summed E-state index contributed by atoms with van der Waals surface area (Å²) in [7, 11) is 0. The normalized spacial score (nSPS) is 16.2. The fraction of sp³-hybridized carbons (Fsp3) is 0.900. The van der Waals surface area contributed by atoms with E-state index in [0.717, 1.165) is 6.42 Å². The first-order valence-electron chi connectivity index (χ1n) is 4.66. The average molecular weight is 172 g/mol. The van der Waals surface area contributed by atoms with Gasteiger partial charge in [0, 0.05) is 6.42 Å². The molecular formula is C10H20O2. The van der Waals surface area contributed by atoms with Crippen LogP contribution in [0.1, 0.15) is 40.5 Å². The summed E-state index contributed by atoms with van der Waals surface area (Å²) in [4.78, 5) is 11.0. The van der Waals surface area contributed by atoms with Gasteiger partial charge in [-0.1, -0.05) is 20.8 Å². The van der Waals surface area contributed by atoms with E-state index >= 15 is 0 Å². The van der Waals surface area contributed by atoms with E-state index in [2.05, 4.69) is 20.8 Å². The predicted octanol–water partition coefficient (Wildman–Crippen LogP) is 2.01. The van der Waals surface area contributed by atoms with E-state index in [-0.39, 0.29) is 5.78 Å². The fourth-order valence-corrected chi connectivity index (χ4v) is 0.912. The van der Waals surface area contributed by atoms with E-state index in [9.17, 15) is 4.79 Å². The molecule has 2 atom stereocenters. The molecule has 12 heavy (non-hydrogen) atoms. The Morgan fingerprint density at radius 2 is 1.75 bits per heavy atom. The number of hydrogen-bond acceptors (Lipinski definition) is 2. The Kier molecular flexibility index (Phi) is 5.14. The Labute approximate surface area is 75.0 Å². The lowest BCUT2D eigenvalue weighted by Gasteiger charge is -2.14. The zero-order chi connectivity index (χ0) is 9.72. The zero-order valence-corrected chi connectivity index (χ0v) is 8.50. The molecule has 0 bridgehead atoms. The van der Waals surface area contributed by atoms with Gasteiger partial charge < -0.3 is 5.11 Å². The van der Waals surface area contributed by atoms with Crippen molar-refractivity contribution < 1.29 is 9.90 Å². The van der Waals surface area contributed by atoms with Gasteiger partial charge in [-0.15, -0.1) is 0 Å². The smallest absolute Gasteiger partial charge is 0.160 e. The van der Waals surface area contributed by atoms with Crippen LogP contribution in [0.3, 0.4) is 0 Å². The van der Waals surface area contributed by atoms with Crippen LogP contribution in [0.5, 0.6) is 0 Å². The lowest BCUT2D eigenvalue weighted by molar-refractivity contribution is -0.126. The SMILES string of the molecule is CC(O)C(=O)CCC(C)C(C)C. The van der Waals surface area contributed by atoms with Crippen LogP contribution in [-0.4, -0.2) is 17.0 Å². The van der Waals surface area contributed by atoms with Crippen molar-refractivity contribution in [1.82, 2.24) is 0 Å². The van der Waals surface area contributed by atoms with Gasteiger partial charge in [0.15, 0.2) is 5.78 Å². The van der Waals surface area contributed by atoms with E-state index in [1.54, 1.807) is 0 Å². The minimum absolute atomic E-state index is 0.0394. The van der Waals surface area contributed by atoms with Crippen molar-refractivity contribution in [2.45, 2.75) is 46.6 Å². The third kappa shape index (κ3) is 4.50. The van der Waals surface area contributed by atoms with E-state index in [1.165, 1.54) is 6.92 Å². The van der Waals surface area contributed by atoms with E-state index in [4.69, 9.17) is 5.11 Å². The molecule has 0 aromatic heterocycles. The molecule has 0 aromatic rings. The van der Waals surface area contributed by atoms with Crippen LogP contribution in [0.15, 0.2) is 0 Å². The topological polar surface area (TPSA) is 37.3 Å². The van der Waals surface area contributed by atoms with E-state index in [1.807, 2.05) is 0 Å². The van der Waals surface area contributed by atoms with Gasteiger partial charge in [0.25, 0.3) is 0 Å². The first-order valence-corrected chi connectivity index (χ1v) is 4.66. The van der Waals surface area contributed by atoms with Gasteiger partial charge in [0.05, 0.1) is 0 Å². The number of ketones is 1. The van der Waals surface area contributed by atoms with Crippen LogP contribution in [0.4, 0.5) is 0 Å². The maximum absolute atomic E-state index is 11.0. The van der Waals surface area contributed by atoms with Crippen LogP contribution >= 0.6 is 0 Å². The maximum atomic E-state index is 11.0. The van der Waals surface area contributed by atoms with Crippen molar-refractivity contribution in [2.75, 3.05) is 0 Å². The summed E-state index contributed by atoms with van der Waals surface area (Å²) in [6.45, 7) is 7.97. The minimum atomic E-state index is -0.788. The molecule has 0 amide bonds. The quantitative estimate of drug-likeness (QED) is 0.688. The molecule has 0 aromatic carbocycles. The lowest BCUT2D eigenvalue weighted by atomic mass is 9.92. The molecule has 0 aliphatic carbocycles. The fourth-order valence-electron chi connectivity index (χ4n) is 0.912. The highest BCUT2D eigenvalue weighted by Crippen LogP contribution is 2.16. The highest BCUT2D eigenvalue weighted by Gasteiger charge is 2.12. The summed E-state index contributed by atoms with van der Waals surface area (Å²) < 4.78 is 0. The second kappa shape index (κ2) is 5.31. The third-order valence-electron chi connectivity index (χ3n) is 2.45. The number of Topliss-reactive ketones (excluding diaryl/α,β-unsaturated/α-hetero) is 1. The predicted molar refractivity (Wildman–Crippen MR) is 49.9 cm³/mol. The highest BCUT2D eigenvalue weighted by atomic mass is 16.3. The first-order chi connectivity index (χ1) is 5.45. The molecule has 0 aliphatic heterocycles. The molecule has 2 nitrogen and oxygen atoms in total. The Bertz CT molecular complexity index is 139. The zero-order valence-electron chi connectivity index (χ0n) is 8.50. The molecule has 0 saturated carbocycles.